The number of aliphatic imine (C=N–C) groups is 1. The molecule has 148 valence electrons. The van der Waals surface area contributed by atoms with E-state index >= 15 is 0 Å². The van der Waals surface area contributed by atoms with E-state index in [9.17, 15) is 0 Å². The van der Waals surface area contributed by atoms with E-state index in [2.05, 4.69) is 20.3 Å². The summed E-state index contributed by atoms with van der Waals surface area (Å²) in [4.78, 5) is 6.58. The fourth-order valence-electron chi connectivity index (χ4n) is 2.84. The second kappa shape index (κ2) is 10.7. The molecule has 3 rings (SSSR count). The molecule has 1 aliphatic heterocycles. The van der Waals surface area contributed by atoms with E-state index in [1.165, 1.54) is 0 Å². The quantitative estimate of drug-likeness (QED) is 0.293. The van der Waals surface area contributed by atoms with Gasteiger partial charge in [-0.2, -0.15) is 5.10 Å². The Morgan fingerprint density at radius 3 is 2.85 bits per heavy atom. The van der Waals surface area contributed by atoms with Crippen molar-refractivity contribution in [3.8, 4) is 5.75 Å². The molecule has 0 radical (unpaired) electrons. The topological polar surface area (TPSA) is 63.9 Å². The average molecular weight is 506 g/mol. The van der Waals surface area contributed by atoms with Gasteiger partial charge in [-0.3, -0.25) is 9.67 Å². The maximum absolute atomic E-state index is 5.88. The zero-order valence-electron chi connectivity index (χ0n) is 15.5. The van der Waals surface area contributed by atoms with Gasteiger partial charge in [-0.15, -0.1) is 24.0 Å². The zero-order chi connectivity index (χ0) is 18.4. The predicted octanol–water partition coefficient (Wildman–Crippen LogP) is 2.72. The van der Waals surface area contributed by atoms with E-state index in [1.807, 2.05) is 43.7 Å². The fraction of sp³-hybridized carbons (Fsp3) is 0.444. The highest BCUT2D eigenvalue weighted by atomic mass is 127. The number of nitrogens with zero attached hydrogens (tertiary/aromatic N) is 4. The molecule has 1 atom stereocenters. The first kappa shape index (κ1) is 21.8. The molecule has 0 bridgehead atoms. The number of nitrogens with one attached hydrogen (secondary N) is 1. The van der Waals surface area contributed by atoms with Crippen LogP contribution in [0.25, 0.3) is 0 Å². The van der Waals surface area contributed by atoms with E-state index in [4.69, 9.17) is 21.1 Å². The molecular formula is C18H25ClIN5O2. The van der Waals surface area contributed by atoms with Gasteiger partial charge >= 0.3 is 0 Å². The van der Waals surface area contributed by atoms with Crippen LogP contribution in [0, 0.1) is 0 Å². The van der Waals surface area contributed by atoms with Gasteiger partial charge in [0, 0.05) is 37.4 Å². The number of halogens is 2. The summed E-state index contributed by atoms with van der Waals surface area (Å²) < 4.78 is 13.4. The Kier molecular flexibility index (Phi) is 8.65. The molecule has 27 heavy (non-hydrogen) atoms. The van der Waals surface area contributed by atoms with Crippen molar-refractivity contribution in [1.82, 2.24) is 20.0 Å². The summed E-state index contributed by atoms with van der Waals surface area (Å²) in [5, 5.41) is 8.27. The van der Waals surface area contributed by atoms with E-state index in [0.717, 1.165) is 30.4 Å². The van der Waals surface area contributed by atoms with Crippen molar-refractivity contribution in [1.29, 1.82) is 0 Å². The molecule has 9 heteroatoms. The van der Waals surface area contributed by atoms with Gasteiger partial charge in [0.05, 0.1) is 25.9 Å². The lowest BCUT2D eigenvalue weighted by atomic mass is 10.1. The smallest absolute Gasteiger partial charge is 0.193 e. The van der Waals surface area contributed by atoms with Gasteiger partial charge in [-0.25, -0.2) is 0 Å². The second-order valence-corrected chi connectivity index (χ2v) is 6.47. The Morgan fingerprint density at radius 2 is 2.19 bits per heavy atom. The molecular weight excluding hydrogens is 481 g/mol. The summed E-state index contributed by atoms with van der Waals surface area (Å²) in [6, 6.07) is 7.35. The van der Waals surface area contributed by atoms with Gasteiger partial charge in [0.2, 0.25) is 0 Å². The summed E-state index contributed by atoms with van der Waals surface area (Å²) in [7, 11) is 3.70. The normalized spacial score (nSPS) is 17.4. The van der Waals surface area contributed by atoms with Crippen molar-refractivity contribution in [2.45, 2.75) is 6.10 Å². The van der Waals surface area contributed by atoms with Crippen molar-refractivity contribution in [3.05, 3.63) is 47.2 Å². The van der Waals surface area contributed by atoms with Gasteiger partial charge < -0.3 is 19.7 Å². The molecule has 0 saturated carbocycles. The average Bonchev–Trinajstić information content (AvgIpc) is 3.10. The van der Waals surface area contributed by atoms with Crippen LogP contribution in [0.15, 0.2) is 41.7 Å². The van der Waals surface area contributed by atoms with Crippen molar-refractivity contribution >= 4 is 41.5 Å². The zero-order valence-corrected chi connectivity index (χ0v) is 18.6. The maximum atomic E-state index is 5.88. The molecule has 7 nitrogen and oxygen atoms in total. The molecule has 1 aromatic carbocycles. The van der Waals surface area contributed by atoms with Gasteiger partial charge in [-0.05, 0) is 24.3 Å². The first-order valence-electron chi connectivity index (χ1n) is 8.60. The molecule has 1 aromatic heterocycles. The maximum Gasteiger partial charge on any atom is 0.193 e. The van der Waals surface area contributed by atoms with Crippen LogP contribution in [0.4, 0.5) is 0 Å². The Bertz CT molecular complexity index is 738. The van der Waals surface area contributed by atoms with Crippen LogP contribution in [-0.4, -0.2) is 60.5 Å². The fourth-order valence-corrected chi connectivity index (χ4v) is 2.97. The molecule has 0 amide bonds. The van der Waals surface area contributed by atoms with E-state index in [0.29, 0.717) is 24.8 Å². The number of hydrogen-bond acceptors (Lipinski definition) is 4. The number of hydrogen-bond donors (Lipinski definition) is 1. The third kappa shape index (κ3) is 6.25. The number of rotatable bonds is 5. The van der Waals surface area contributed by atoms with E-state index in [1.54, 1.807) is 11.7 Å². The van der Waals surface area contributed by atoms with Crippen molar-refractivity contribution in [2.75, 3.05) is 39.9 Å². The minimum Gasteiger partial charge on any atom is -0.492 e. The molecule has 1 fully saturated rings. The monoisotopic (exact) mass is 505 g/mol. The van der Waals surface area contributed by atoms with E-state index in [-0.39, 0.29) is 30.1 Å². The van der Waals surface area contributed by atoms with Crippen molar-refractivity contribution in [2.24, 2.45) is 12.0 Å². The van der Waals surface area contributed by atoms with Gasteiger partial charge in [0.1, 0.15) is 18.5 Å². The van der Waals surface area contributed by atoms with Gasteiger partial charge in [0.15, 0.2) is 5.96 Å². The number of aryl methyl sites for hydroxylation is 1. The third-order valence-corrected chi connectivity index (χ3v) is 4.39. The Hall–Kier alpha value is -1.52. The first-order valence-corrected chi connectivity index (χ1v) is 8.97. The van der Waals surface area contributed by atoms with Crippen molar-refractivity contribution in [3.63, 3.8) is 0 Å². The number of morpholine rings is 1. The molecule has 0 aliphatic carbocycles. The number of guanidine groups is 1. The molecule has 1 aliphatic rings. The number of aromatic nitrogens is 2. The molecule has 1 saturated heterocycles. The molecule has 2 aromatic rings. The van der Waals surface area contributed by atoms with Crippen LogP contribution in [-0.2, 0) is 11.8 Å². The number of ether oxygens (including phenoxy) is 2. The van der Waals surface area contributed by atoms with Gasteiger partial charge in [0.25, 0.3) is 0 Å². The summed E-state index contributed by atoms with van der Waals surface area (Å²) in [6.07, 6.45) is 3.84. The lowest BCUT2D eigenvalue weighted by Crippen LogP contribution is -2.48. The van der Waals surface area contributed by atoms with Crippen LogP contribution in [0.5, 0.6) is 5.75 Å². The highest BCUT2D eigenvalue weighted by Crippen LogP contribution is 2.21. The van der Waals surface area contributed by atoms with Crippen LogP contribution < -0.4 is 10.1 Å². The van der Waals surface area contributed by atoms with Crippen molar-refractivity contribution < 1.29 is 9.47 Å². The third-order valence-electron chi connectivity index (χ3n) is 4.14. The lowest BCUT2D eigenvalue weighted by Gasteiger charge is -2.34. The highest BCUT2D eigenvalue weighted by molar-refractivity contribution is 14.0. The van der Waals surface area contributed by atoms with E-state index < -0.39 is 0 Å². The minimum atomic E-state index is 0. The summed E-state index contributed by atoms with van der Waals surface area (Å²) >= 11 is 5.87. The SMILES string of the molecule is CN=C(NCCOc1ccc(Cl)cc1)N1CCOC(c2cnn(C)c2)C1.I. The van der Waals surface area contributed by atoms with Crippen LogP contribution in [0.3, 0.4) is 0 Å². The standard InChI is InChI=1S/C18H24ClN5O2.HI/c1-20-18(21-7-9-25-16-5-3-15(19)4-6-16)24-8-10-26-17(13-24)14-11-22-23(2)12-14;/h3-6,11-12,17H,7-10,13H2,1-2H3,(H,20,21);1H. The Morgan fingerprint density at radius 1 is 1.41 bits per heavy atom. The number of benzene rings is 1. The molecule has 1 N–H and O–H groups in total. The predicted molar refractivity (Wildman–Crippen MR) is 117 cm³/mol. The Balaban J connectivity index is 0.00000261. The summed E-state index contributed by atoms with van der Waals surface area (Å²) in [5.41, 5.74) is 1.08. The lowest BCUT2D eigenvalue weighted by molar-refractivity contribution is -0.00805. The largest absolute Gasteiger partial charge is 0.492 e. The first-order chi connectivity index (χ1) is 12.7. The Labute approximate surface area is 181 Å². The summed E-state index contributed by atoms with van der Waals surface area (Å²) in [6.45, 7) is 3.39. The van der Waals surface area contributed by atoms with Gasteiger partial charge in [-0.1, -0.05) is 11.6 Å². The van der Waals surface area contributed by atoms with Crippen LogP contribution in [0.2, 0.25) is 5.02 Å². The van der Waals surface area contributed by atoms with Crippen LogP contribution in [0.1, 0.15) is 11.7 Å². The second-order valence-electron chi connectivity index (χ2n) is 6.03. The van der Waals surface area contributed by atoms with Crippen LogP contribution >= 0.6 is 35.6 Å². The minimum absolute atomic E-state index is 0. The molecule has 2 heterocycles. The molecule has 0 spiro atoms. The molecule has 1 unspecified atom stereocenters. The summed E-state index contributed by atoms with van der Waals surface area (Å²) in [5.74, 6) is 1.65. The highest BCUT2D eigenvalue weighted by Gasteiger charge is 2.24.